The van der Waals surface area contributed by atoms with Crippen LogP contribution in [0.3, 0.4) is 0 Å². The van der Waals surface area contributed by atoms with E-state index in [-0.39, 0.29) is 5.17 Å². The van der Waals surface area contributed by atoms with Gasteiger partial charge >= 0.3 is 0 Å². The highest BCUT2D eigenvalue weighted by Crippen LogP contribution is 1.96. The summed E-state index contributed by atoms with van der Waals surface area (Å²) in [5.41, 5.74) is 0. The third-order valence-corrected chi connectivity index (χ3v) is 1.86. The minimum Gasteiger partial charge on any atom is -0.337 e. The molecule has 0 amide bonds. The summed E-state index contributed by atoms with van der Waals surface area (Å²) in [5.74, 6) is 0. The van der Waals surface area contributed by atoms with E-state index in [9.17, 15) is 8.42 Å². The average Bonchev–Trinajstić information content (AvgIpc) is 1.80. The lowest BCUT2D eigenvalue weighted by atomic mass is 11.0. The molecule has 0 aliphatic rings. The number of hydrogen-bond acceptors (Lipinski definition) is 3. The van der Waals surface area contributed by atoms with E-state index in [4.69, 9.17) is 10.7 Å². The third kappa shape index (κ3) is 2.84. The molecule has 0 aromatic heterocycles. The van der Waals surface area contributed by atoms with Crippen molar-refractivity contribution in [1.82, 2.24) is 5.32 Å². The van der Waals surface area contributed by atoms with E-state index in [1.54, 1.807) is 0 Å². The van der Waals surface area contributed by atoms with Gasteiger partial charge in [-0.3, -0.25) is 4.99 Å². The average molecular weight is 183 g/mol. The summed E-state index contributed by atoms with van der Waals surface area (Å²) in [5, 5.41) is 1.96. The second-order valence-electron chi connectivity index (χ2n) is 1.32. The number of hydrogen-bond donors (Lipinski definition) is 1. The summed E-state index contributed by atoms with van der Waals surface area (Å²) >= 11 is 0. The van der Waals surface area contributed by atoms with Crippen molar-refractivity contribution in [3.8, 4) is 0 Å². The molecule has 1 N–H and O–H groups in total. The van der Waals surface area contributed by atoms with Crippen LogP contribution >= 0.6 is 10.7 Å². The van der Waals surface area contributed by atoms with Gasteiger partial charge in [-0.1, -0.05) is 6.58 Å². The van der Waals surface area contributed by atoms with E-state index in [1.807, 2.05) is 0 Å². The van der Waals surface area contributed by atoms with Crippen LogP contribution in [-0.2, 0) is 9.05 Å². The lowest BCUT2D eigenvalue weighted by Gasteiger charge is -1.97. The molecule has 0 aliphatic carbocycles. The van der Waals surface area contributed by atoms with Crippen LogP contribution in [0.1, 0.15) is 0 Å². The minimum atomic E-state index is -3.74. The number of nitrogens with zero attached hydrogens (tertiary/aromatic N) is 1. The highest BCUT2D eigenvalue weighted by Gasteiger charge is 2.12. The molecule has 6 heteroatoms. The molecule has 0 unspecified atom stereocenters. The zero-order chi connectivity index (χ0) is 8.20. The van der Waals surface area contributed by atoms with E-state index in [0.717, 1.165) is 0 Å². The summed E-state index contributed by atoms with van der Waals surface area (Å²) in [6.45, 7) is 3.25. The van der Waals surface area contributed by atoms with Crippen LogP contribution in [0.25, 0.3) is 0 Å². The predicted octanol–water partition coefficient (Wildman–Crippen LogP) is 0.274. The monoisotopic (exact) mass is 182 g/mol. The van der Waals surface area contributed by atoms with Gasteiger partial charge in [0.15, 0.2) is 0 Å². The van der Waals surface area contributed by atoms with E-state index < -0.39 is 9.05 Å². The Labute approximate surface area is 64.0 Å². The van der Waals surface area contributed by atoms with Crippen LogP contribution < -0.4 is 5.32 Å². The summed E-state index contributed by atoms with van der Waals surface area (Å²) in [6.07, 6.45) is 1.18. The summed E-state index contributed by atoms with van der Waals surface area (Å²) < 4.78 is 21.0. The summed E-state index contributed by atoms with van der Waals surface area (Å²) in [6, 6.07) is 0. The standard InChI is InChI=1S/C4H7ClN2O2S/c1-3-7-4(6-2)10(5,8)9/h3H,1H2,2H3,(H,6,7). The molecule has 0 saturated carbocycles. The first-order chi connectivity index (χ1) is 4.52. The fourth-order valence-corrected chi connectivity index (χ4v) is 1.11. The van der Waals surface area contributed by atoms with Gasteiger partial charge in [-0.15, -0.1) is 0 Å². The van der Waals surface area contributed by atoms with Crippen molar-refractivity contribution in [3.05, 3.63) is 12.8 Å². The molecular formula is C4H7ClN2O2S. The van der Waals surface area contributed by atoms with Crippen LogP contribution in [0.2, 0.25) is 0 Å². The first-order valence-electron chi connectivity index (χ1n) is 2.31. The topological polar surface area (TPSA) is 58.5 Å². The van der Waals surface area contributed by atoms with Gasteiger partial charge in [-0.25, -0.2) is 8.42 Å². The second-order valence-corrected chi connectivity index (χ2v) is 3.80. The maximum atomic E-state index is 10.5. The maximum absolute atomic E-state index is 10.5. The molecule has 0 aliphatic heterocycles. The SMILES string of the molecule is C=CNC(=NC)S(=O)(=O)Cl. The fraction of sp³-hybridized carbons (Fsp3) is 0.250. The Morgan fingerprint density at radius 3 is 2.40 bits per heavy atom. The Hall–Kier alpha value is -0.550. The zero-order valence-electron chi connectivity index (χ0n) is 5.33. The van der Waals surface area contributed by atoms with E-state index >= 15 is 0 Å². The molecule has 10 heavy (non-hydrogen) atoms. The van der Waals surface area contributed by atoms with Crippen molar-refractivity contribution in [2.75, 3.05) is 7.05 Å². The normalized spacial score (nSPS) is 12.8. The fourth-order valence-electron chi connectivity index (χ4n) is 0.331. The van der Waals surface area contributed by atoms with Crippen molar-refractivity contribution >= 4 is 24.9 Å². The largest absolute Gasteiger partial charge is 0.337 e. The van der Waals surface area contributed by atoms with Gasteiger partial charge < -0.3 is 5.32 Å². The first-order valence-corrected chi connectivity index (χ1v) is 4.62. The summed E-state index contributed by atoms with van der Waals surface area (Å²) in [7, 11) is 2.48. The number of nitrogens with one attached hydrogen (secondary N) is 1. The molecule has 0 aromatic rings. The second kappa shape index (κ2) is 3.58. The van der Waals surface area contributed by atoms with Gasteiger partial charge in [0.05, 0.1) is 0 Å². The van der Waals surface area contributed by atoms with Gasteiger partial charge in [0, 0.05) is 17.7 Å². The quantitative estimate of drug-likeness (QED) is 0.360. The van der Waals surface area contributed by atoms with Crippen LogP contribution in [0, 0.1) is 0 Å². The van der Waals surface area contributed by atoms with Gasteiger partial charge in [-0.2, -0.15) is 0 Å². The molecule has 58 valence electrons. The molecule has 0 aromatic carbocycles. The van der Waals surface area contributed by atoms with E-state index in [2.05, 4.69) is 16.9 Å². The van der Waals surface area contributed by atoms with E-state index in [1.165, 1.54) is 13.2 Å². The van der Waals surface area contributed by atoms with Crippen LogP contribution in [0.15, 0.2) is 17.8 Å². The molecule has 0 radical (unpaired) electrons. The van der Waals surface area contributed by atoms with Crippen molar-refractivity contribution in [2.24, 2.45) is 4.99 Å². The van der Waals surface area contributed by atoms with Gasteiger partial charge in [0.25, 0.3) is 9.05 Å². The van der Waals surface area contributed by atoms with Gasteiger partial charge in [0.1, 0.15) is 0 Å². The Morgan fingerprint density at radius 1 is 1.80 bits per heavy atom. The van der Waals surface area contributed by atoms with Crippen molar-refractivity contribution < 1.29 is 8.42 Å². The zero-order valence-corrected chi connectivity index (χ0v) is 6.91. The molecular weight excluding hydrogens is 176 g/mol. The van der Waals surface area contributed by atoms with Gasteiger partial charge in [-0.05, 0) is 6.20 Å². The molecule has 0 heterocycles. The number of rotatable bonds is 1. The molecule has 0 atom stereocenters. The van der Waals surface area contributed by atoms with Gasteiger partial charge in [0.2, 0.25) is 5.17 Å². The lowest BCUT2D eigenvalue weighted by molar-refractivity contribution is 0.618. The van der Waals surface area contributed by atoms with Crippen molar-refractivity contribution in [2.45, 2.75) is 0 Å². The molecule has 0 rings (SSSR count). The molecule has 0 saturated heterocycles. The van der Waals surface area contributed by atoms with E-state index in [0.29, 0.717) is 0 Å². The molecule has 0 bridgehead atoms. The summed E-state index contributed by atoms with van der Waals surface area (Å²) in [4.78, 5) is 3.36. The Bertz CT molecular complexity index is 244. The highest BCUT2D eigenvalue weighted by molar-refractivity contribution is 8.25. The first kappa shape index (κ1) is 9.45. The predicted molar refractivity (Wildman–Crippen MR) is 41.5 cm³/mol. The van der Waals surface area contributed by atoms with Crippen LogP contribution in [0.4, 0.5) is 0 Å². The lowest BCUT2D eigenvalue weighted by Crippen LogP contribution is -2.22. The van der Waals surface area contributed by atoms with Crippen molar-refractivity contribution in [3.63, 3.8) is 0 Å². The minimum absolute atomic E-state index is 0.302. The Kier molecular flexibility index (Phi) is 3.38. The number of amidine groups is 1. The smallest absolute Gasteiger partial charge is 0.294 e. The molecule has 0 spiro atoms. The molecule has 4 nitrogen and oxygen atoms in total. The van der Waals surface area contributed by atoms with Crippen LogP contribution in [-0.4, -0.2) is 20.6 Å². The third-order valence-electron chi connectivity index (χ3n) is 0.660. The Balaban J connectivity index is 4.56. The van der Waals surface area contributed by atoms with Crippen molar-refractivity contribution in [1.29, 1.82) is 0 Å². The van der Waals surface area contributed by atoms with Crippen LogP contribution in [0.5, 0.6) is 0 Å². The Morgan fingerprint density at radius 2 is 2.30 bits per heavy atom. The molecule has 0 fully saturated rings. The highest BCUT2D eigenvalue weighted by atomic mass is 35.7. The number of aliphatic imine (C=N–C) groups is 1. The maximum Gasteiger partial charge on any atom is 0.294 e. The number of halogens is 1.